The molecular weight excluding hydrogens is 528 g/mol. The van der Waals surface area contributed by atoms with E-state index in [1.807, 2.05) is 48.5 Å². The molecule has 184 valence electrons. The number of nitrogens with zero attached hydrogens (tertiary/aromatic N) is 1. The molecular formula is C27H29BrN2O4S. The molecule has 0 bridgehead atoms. The van der Waals surface area contributed by atoms with Crippen molar-refractivity contribution in [2.75, 3.05) is 19.0 Å². The molecule has 3 aromatic rings. The van der Waals surface area contributed by atoms with Gasteiger partial charge in [0.1, 0.15) is 5.75 Å². The zero-order valence-corrected chi connectivity index (χ0v) is 22.0. The first kappa shape index (κ1) is 25.4. The number of halogens is 1. The highest BCUT2D eigenvalue weighted by atomic mass is 79.9. The van der Waals surface area contributed by atoms with Crippen LogP contribution in [0.5, 0.6) is 5.75 Å². The molecule has 1 fully saturated rings. The molecule has 0 saturated heterocycles. The molecule has 0 unspecified atom stereocenters. The van der Waals surface area contributed by atoms with Crippen molar-refractivity contribution in [3.8, 4) is 16.9 Å². The van der Waals surface area contributed by atoms with Crippen LogP contribution in [0, 0.1) is 0 Å². The lowest BCUT2D eigenvalue weighted by Crippen LogP contribution is -2.38. The average Bonchev–Trinajstić information content (AvgIpc) is 2.89. The number of hydrogen-bond acceptors (Lipinski definition) is 4. The molecule has 0 spiro atoms. The Kier molecular flexibility index (Phi) is 8.26. The van der Waals surface area contributed by atoms with Gasteiger partial charge in [-0.1, -0.05) is 55.7 Å². The Bertz CT molecular complexity index is 1260. The van der Waals surface area contributed by atoms with Crippen LogP contribution in [-0.4, -0.2) is 38.3 Å². The molecule has 4 rings (SSSR count). The molecule has 0 heterocycles. The number of hydrogen-bond donors (Lipinski definition) is 1. The second kappa shape index (κ2) is 11.4. The summed E-state index contributed by atoms with van der Waals surface area (Å²) in [6, 6.07) is 22.0. The van der Waals surface area contributed by atoms with Crippen molar-refractivity contribution >= 4 is 37.5 Å². The van der Waals surface area contributed by atoms with E-state index in [1.54, 1.807) is 19.2 Å². The van der Waals surface area contributed by atoms with Gasteiger partial charge in [0.25, 0.3) is 5.91 Å². The van der Waals surface area contributed by atoms with E-state index in [2.05, 4.69) is 21.2 Å². The van der Waals surface area contributed by atoms with Gasteiger partial charge in [-0.15, -0.1) is 0 Å². The molecule has 0 radical (unpaired) electrons. The van der Waals surface area contributed by atoms with Crippen molar-refractivity contribution in [1.82, 2.24) is 4.31 Å². The van der Waals surface area contributed by atoms with Crippen molar-refractivity contribution in [2.24, 2.45) is 0 Å². The third-order valence-corrected chi connectivity index (χ3v) is 8.85. The number of sulfonamides is 1. The van der Waals surface area contributed by atoms with Gasteiger partial charge in [0, 0.05) is 18.8 Å². The normalized spacial score (nSPS) is 14.6. The molecule has 1 N–H and O–H groups in total. The second-order valence-corrected chi connectivity index (χ2v) is 11.5. The van der Waals surface area contributed by atoms with Crippen molar-refractivity contribution in [2.45, 2.75) is 43.0 Å². The molecule has 0 aliphatic heterocycles. The number of carbonyl (C=O) groups is 1. The summed E-state index contributed by atoms with van der Waals surface area (Å²) in [5, 5.41) is 2.75. The van der Waals surface area contributed by atoms with Gasteiger partial charge in [-0.05, 0) is 76.3 Å². The number of benzene rings is 3. The maximum atomic E-state index is 13.0. The third kappa shape index (κ3) is 6.31. The number of anilines is 1. The Labute approximate surface area is 215 Å². The first-order chi connectivity index (χ1) is 16.8. The molecule has 1 aliphatic carbocycles. The molecule has 1 saturated carbocycles. The molecule has 1 amide bonds. The van der Waals surface area contributed by atoms with E-state index in [0.29, 0.717) is 11.4 Å². The number of amides is 1. The third-order valence-electron chi connectivity index (χ3n) is 6.30. The SMILES string of the molecule is CN(C1CCCCC1)S(=O)(=O)c1ccc(NC(=O)COc2ccc(-c3ccccc3)cc2Br)cc1. The zero-order valence-electron chi connectivity index (χ0n) is 19.6. The van der Waals surface area contributed by atoms with Gasteiger partial charge in [0.15, 0.2) is 6.61 Å². The summed E-state index contributed by atoms with van der Waals surface area (Å²) in [5.74, 6) is 0.228. The van der Waals surface area contributed by atoms with E-state index < -0.39 is 10.0 Å². The van der Waals surface area contributed by atoms with E-state index in [0.717, 1.165) is 41.3 Å². The number of ether oxygens (including phenoxy) is 1. The Morgan fingerprint density at radius 2 is 1.66 bits per heavy atom. The minimum atomic E-state index is -3.57. The average molecular weight is 558 g/mol. The van der Waals surface area contributed by atoms with Crippen LogP contribution in [0.1, 0.15) is 32.1 Å². The van der Waals surface area contributed by atoms with E-state index >= 15 is 0 Å². The van der Waals surface area contributed by atoms with Crippen molar-refractivity contribution in [3.63, 3.8) is 0 Å². The van der Waals surface area contributed by atoms with Gasteiger partial charge in [-0.2, -0.15) is 4.31 Å². The van der Waals surface area contributed by atoms with Crippen LogP contribution in [-0.2, 0) is 14.8 Å². The topological polar surface area (TPSA) is 75.7 Å². The number of rotatable bonds is 8. The van der Waals surface area contributed by atoms with Crippen LogP contribution in [0.2, 0.25) is 0 Å². The highest BCUT2D eigenvalue weighted by molar-refractivity contribution is 9.10. The van der Waals surface area contributed by atoms with Gasteiger partial charge >= 0.3 is 0 Å². The zero-order chi connectivity index (χ0) is 24.8. The lowest BCUT2D eigenvalue weighted by atomic mass is 9.96. The second-order valence-electron chi connectivity index (χ2n) is 8.69. The molecule has 35 heavy (non-hydrogen) atoms. The Hall–Kier alpha value is -2.68. The smallest absolute Gasteiger partial charge is 0.262 e. The van der Waals surface area contributed by atoms with E-state index in [9.17, 15) is 13.2 Å². The fourth-order valence-electron chi connectivity index (χ4n) is 4.29. The Balaban J connectivity index is 1.33. The van der Waals surface area contributed by atoms with Crippen LogP contribution in [0.3, 0.4) is 0 Å². The highest BCUT2D eigenvalue weighted by Gasteiger charge is 2.28. The summed E-state index contributed by atoms with van der Waals surface area (Å²) in [5.41, 5.74) is 2.64. The molecule has 1 aliphatic rings. The minimum Gasteiger partial charge on any atom is -0.483 e. The van der Waals surface area contributed by atoms with E-state index in [-0.39, 0.29) is 23.5 Å². The van der Waals surface area contributed by atoms with Crippen LogP contribution >= 0.6 is 15.9 Å². The molecule has 6 nitrogen and oxygen atoms in total. The standard InChI is InChI=1S/C27H29BrN2O4S/c1-30(23-10-6-3-7-11-23)35(32,33)24-15-13-22(14-16-24)29-27(31)19-34-26-17-12-21(18-25(26)28)20-8-4-2-5-9-20/h2,4-5,8-9,12-18,23H,3,6-7,10-11,19H2,1H3,(H,29,31). The van der Waals surface area contributed by atoms with Crippen molar-refractivity contribution in [1.29, 1.82) is 0 Å². The maximum Gasteiger partial charge on any atom is 0.262 e. The van der Waals surface area contributed by atoms with E-state index in [1.165, 1.54) is 22.9 Å². The van der Waals surface area contributed by atoms with Crippen molar-refractivity contribution in [3.05, 3.63) is 77.3 Å². The summed E-state index contributed by atoms with van der Waals surface area (Å²) >= 11 is 3.51. The molecule has 8 heteroatoms. The predicted octanol–water partition coefficient (Wildman–Crippen LogP) is 6.09. The van der Waals surface area contributed by atoms with Gasteiger partial charge in [-0.3, -0.25) is 4.79 Å². The summed E-state index contributed by atoms with van der Waals surface area (Å²) in [6.07, 6.45) is 5.08. The van der Waals surface area contributed by atoms with Gasteiger partial charge in [0.05, 0.1) is 9.37 Å². The lowest BCUT2D eigenvalue weighted by molar-refractivity contribution is -0.118. The minimum absolute atomic E-state index is 0.0476. The van der Waals surface area contributed by atoms with E-state index in [4.69, 9.17) is 4.74 Å². The highest BCUT2D eigenvalue weighted by Crippen LogP contribution is 2.31. The summed E-state index contributed by atoms with van der Waals surface area (Å²) < 4.78 is 33.9. The van der Waals surface area contributed by atoms with Crippen LogP contribution in [0.4, 0.5) is 5.69 Å². The van der Waals surface area contributed by atoms with Crippen LogP contribution in [0.25, 0.3) is 11.1 Å². The first-order valence-electron chi connectivity index (χ1n) is 11.7. The lowest BCUT2D eigenvalue weighted by Gasteiger charge is -2.30. The Morgan fingerprint density at radius 1 is 0.971 bits per heavy atom. The summed E-state index contributed by atoms with van der Waals surface area (Å²) in [7, 11) is -1.91. The fraction of sp³-hybridized carbons (Fsp3) is 0.296. The quantitative estimate of drug-likeness (QED) is 0.364. The molecule has 0 aromatic heterocycles. The Morgan fingerprint density at radius 3 is 2.31 bits per heavy atom. The van der Waals surface area contributed by atoms with Gasteiger partial charge in [-0.25, -0.2) is 8.42 Å². The number of carbonyl (C=O) groups excluding carboxylic acids is 1. The maximum absolute atomic E-state index is 13.0. The summed E-state index contributed by atoms with van der Waals surface area (Å²) in [6.45, 7) is -0.173. The summed E-state index contributed by atoms with van der Waals surface area (Å²) in [4.78, 5) is 12.6. The van der Waals surface area contributed by atoms with Gasteiger partial charge in [0.2, 0.25) is 10.0 Å². The fourth-order valence-corrected chi connectivity index (χ4v) is 6.19. The van der Waals surface area contributed by atoms with Gasteiger partial charge < -0.3 is 10.1 Å². The molecule has 3 aromatic carbocycles. The van der Waals surface area contributed by atoms with Crippen molar-refractivity contribution < 1.29 is 17.9 Å². The predicted molar refractivity (Wildman–Crippen MR) is 142 cm³/mol. The monoisotopic (exact) mass is 556 g/mol. The molecule has 0 atom stereocenters. The van der Waals surface area contributed by atoms with Crippen LogP contribution < -0.4 is 10.1 Å². The first-order valence-corrected chi connectivity index (χ1v) is 13.9. The van der Waals surface area contributed by atoms with Crippen LogP contribution in [0.15, 0.2) is 82.2 Å². The number of nitrogens with one attached hydrogen (secondary N) is 1. The largest absolute Gasteiger partial charge is 0.483 e.